The standard InChI is InChI=1S/C16H22F2N2O4S/c1-16(2,3)24-15(21)11-19-6-8-20(9-7-19)25(22,23)12-4-5-13(17)14(18)10-12/h4-5,10H,6-9,11H2,1-3H3. The van der Waals surface area contributed by atoms with E-state index in [1.807, 2.05) is 0 Å². The van der Waals surface area contributed by atoms with Crippen LogP contribution in [0.15, 0.2) is 23.1 Å². The van der Waals surface area contributed by atoms with Crippen LogP contribution in [0.5, 0.6) is 0 Å². The Morgan fingerprint density at radius 2 is 1.72 bits per heavy atom. The second kappa shape index (κ2) is 7.35. The van der Waals surface area contributed by atoms with Gasteiger partial charge in [-0.1, -0.05) is 0 Å². The molecule has 0 saturated carbocycles. The molecule has 140 valence electrons. The molecule has 0 bridgehead atoms. The van der Waals surface area contributed by atoms with Crippen molar-refractivity contribution >= 4 is 16.0 Å². The number of piperazine rings is 1. The van der Waals surface area contributed by atoms with Crippen LogP contribution in [-0.4, -0.2) is 61.9 Å². The topological polar surface area (TPSA) is 66.9 Å². The minimum Gasteiger partial charge on any atom is -0.459 e. The van der Waals surface area contributed by atoms with E-state index in [1.165, 1.54) is 4.31 Å². The van der Waals surface area contributed by atoms with Gasteiger partial charge in [-0.05, 0) is 39.0 Å². The van der Waals surface area contributed by atoms with Crippen molar-refractivity contribution < 1.29 is 26.7 Å². The molecule has 0 spiro atoms. The fraction of sp³-hybridized carbons (Fsp3) is 0.562. The van der Waals surface area contributed by atoms with Gasteiger partial charge in [0.15, 0.2) is 11.6 Å². The molecule has 1 saturated heterocycles. The molecule has 0 unspecified atom stereocenters. The number of carbonyl (C=O) groups is 1. The Morgan fingerprint density at radius 1 is 1.12 bits per heavy atom. The first-order valence-corrected chi connectivity index (χ1v) is 9.32. The average molecular weight is 376 g/mol. The van der Waals surface area contributed by atoms with Crippen LogP contribution in [0.25, 0.3) is 0 Å². The zero-order valence-electron chi connectivity index (χ0n) is 14.5. The molecule has 25 heavy (non-hydrogen) atoms. The highest BCUT2D eigenvalue weighted by atomic mass is 32.2. The molecule has 0 radical (unpaired) electrons. The van der Waals surface area contributed by atoms with E-state index in [9.17, 15) is 22.0 Å². The molecule has 0 aromatic heterocycles. The molecule has 0 aliphatic carbocycles. The molecule has 1 aliphatic rings. The third kappa shape index (κ3) is 5.20. The summed E-state index contributed by atoms with van der Waals surface area (Å²) in [6.07, 6.45) is 0. The van der Waals surface area contributed by atoms with E-state index < -0.39 is 27.3 Å². The van der Waals surface area contributed by atoms with Crippen LogP contribution in [0.3, 0.4) is 0 Å². The Bertz CT molecular complexity index is 739. The van der Waals surface area contributed by atoms with E-state index in [0.717, 1.165) is 12.1 Å². The number of hydrogen-bond acceptors (Lipinski definition) is 5. The van der Waals surface area contributed by atoms with Crippen LogP contribution in [0.2, 0.25) is 0 Å². The van der Waals surface area contributed by atoms with E-state index in [1.54, 1.807) is 25.7 Å². The predicted molar refractivity (Wildman–Crippen MR) is 87.4 cm³/mol. The number of sulfonamides is 1. The molecule has 1 aliphatic heterocycles. The van der Waals surface area contributed by atoms with E-state index >= 15 is 0 Å². The summed E-state index contributed by atoms with van der Waals surface area (Å²) in [5.74, 6) is -2.67. The molecule has 2 rings (SSSR count). The van der Waals surface area contributed by atoms with Crippen molar-refractivity contribution in [3.8, 4) is 0 Å². The Hall–Kier alpha value is -1.58. The predicted octanol–water partition coefficient (Wildman–Crippen LogP) is 1.61. The van der Waals surface area contributed by atoms with Crippen LogP contribution in [-0.2, 0) is 19.6 Å². The largest absolute Gasteiger partial charge is 0.459 e. The van der Waals surface area contributed by atoms with Gasteiger partial charge in [-0.2, -0.15) is 4.31 Å². The maximum atomic E-state index is 13.3. The van der Waals surface area contributed by atoms with Crippen molar-refractivity contribution in [2.75, 3.05) is 32.7 Å². The summed E-state index contributed by atoms with van der Waals surface area (Å²) in [4.78, 5) is 13.3. The first-order chi connectivity index (χ1) is 11.5. The highest BCUT2D eigenvalue weighted by Crippen LogP contribution is 2.20. The van der Waals surface area contributed by atoms with Gasteiger partial charge in [0.25, 0.3) is 0 Å². The first kappa shape index (κ1) is 19.7. The van der Waals surface area contributed by atoms with Gasteiger partial charge in [0.05, 0.1) is 11.4 Å². The summed E-state index contributed by atoms with van der Waals surface area (Å²) < 4.78 is 57.7. The van der Waals surface area contributed by atoms with Gasteiger partial charge in [-0.15, -0.1) is 0 Å². The van der Waals surface area contributed by atoms with Gasteiger partial charge in [-0.25, -0.2) is 17.2 Å². The summed E-state index contributed by atoms with van der Waals surface area (Å²) in [7, 11) is -3.90. The third-order valence-electron chi connectivity index (χ3n) is 3.63. The fourth-order valence-electron chi connectivity index (χ4n) is 2.47. The number of ether oxygens (including phenoxy) is 1. The molecule has 1 aromatic carbocycles. The lowest BCUT2D eigenvalue weighted by atomic mass is 10.2. The maximum Gasteiger partial charge on any atom is 0.320 e. The molecule has 0 atom stereocenters. The van der Waals surface area contributed by atoms with Gasteiger partial charge in [0.1, 0.15) is 5.60 Å². The molecule has 1 aromatic rings. The maximum absolute atomic E-state index is 13.3. The molecule has 6 nitrogen and oxygen atoms in total. The number of carbonyl (C=O) groups excluding carboxylic acids is 1. The minimum absolute atomic E-state index is 0.0797. The van der Waals surface area contributed by atoms with Gasteiger partial charge in [0.2, 0.25) is 10.0 Å². The molecule has 1 heterocycles. The lowest BCUT2D eigenvalue weighted by Gasteiger charge is -2.33. The normalized spacial score (nSPS) is 17.5. The van der Waals surface area contributed by atoms with Crippen LogP contribution in [0.4, 0.5) is 8.78 Å². The molecule has 1 fully saturated rings. The molecule has 0 N–H and O–H groups in total. The number of halogens is 2. The summed E-state index contributed by atoms with van der Waals surface area (Å²) in [6.45, 7) is 6.42. The number of nitrogens with zero attached hydrogens (tertiary/aromatic N) is 2. The van der Waals surface area contributed by atoms with E-state index in [2.05, 4.69) is 0 Å². The van der Waals surface area contributed by atoms with Crippen LogP contribution in [0, 0.1) is 11.6 Å². The number of benzene rings is 1. The van der Waals surface area contributed by atoms with Crippen LogP contribution < -0.4 is 0 Å². The van der Waals surface area contributed by atoms with Gasteiger partial charge in [-0.3, -0.25) is 9.69 Å². The fourth-order valence-corrected chi connectivity index (χ4v) is 3.91. The summed E-state index contributed by atoms with van der Waals surface area (Å²) in [5.41, 5.74) is -0.575. The smallest absolute Gasteiger partial charge is 0.320 e. The number of hydrogen-bond donors (Lipinski definition) is 0. The average Bonchev–Trinajstić information content (AvgIpc) is 2.48. The Kier molecular flexibility index (Phi) is 5.80. The van der Waals surface area contributed by atoms with E-state index in [4.69, 9.17) is 4.74 Å². The lowest BCUT2D eigenvalue weighted by Crippen LogP contribution is -2.50. The molecule has 0 amide bonds. The summed E-state index contributed by atoms with van der Waals surface area (Å²) in [6, 6.07) is 2.51. The summed E-state index contributed by atoms with van der Waals surface area (Å²) in [5, 5.41) is 0. The SMILES string of the molecule is CC(C)(C)OC(=O)CN1CCN(S(=O)(=O)c2ccc(F)c(F)c2)CC1. The lowest BCUT2D eigenvalue weighted by molar-refractivity contribution is -0.156. The zero-order chi connectivity index (χ0) is 18.8. The van der Waals surface area contributed by atoms with Crippen LogP contribution in [0.1, 0.15) is 20.8 Å². The highest BCUT2D eigenvalue weighted by Gasteiger charge is 2.30. The number of esters is 1. The molecular formula is C16H22F2N2O4S. The van der Waals surface area contributed by atoms with Crippen LogP contribution >= 0.6 is 0 Å². The zero-order valence-corrected chi connectivity index (χ0v) is 15.3. The summed E-state index contributed by atoms with van der Waals surface area (Å²) >= 11 is 0. The molecule has 9 heteroatoms. The highest BCUT2D eigenvalue weighted by molar-refractivity contribution is 7.89. The van der Waals surface area contributed by atoms with Crippen molar-refractivity contribution in [2.45, 2.75) is 31.3 Å². The third-order valence-corrected chi connectivity index (χ3v) is 5.53. The van der Waals surface area contributed by atoms with Crippen molar-refractivity contribution in [2.24, 2.45) is 0 Å². The second-order valence-electron chi connectivity index (χ2n) is 6.84. The Morgan fingerprint density at radius 3 is 2.24 bits per heavy atom. The van der Waals surface area contributed by atoms with E-state index in [0.29, 0.717) is 19.2 Å². The van der Waals surface area contributed by atoms with E-state index in [-0.39, 0.29) is 30.5 Å². The van der Waals surface area contributed by atoms with Crippen molar-refractivity contribution in [1.29, 1.82) is 0 Å². The van der Waals surface area contributed by atoms with Gasteiger partial charge in [0, 0.05) is 26.2 Å². The van der Waals surface area contributed by atoms with Gasteiger partial charge >= 0.3 is 5.97 Å². The first-order valence-electron chi connectivity index (χ1n) is 7.88. The minimum atomic E-state index is -3.90. The number of rotatable bonds is 4. The second-order valence-corrected chi connectivity index (χ2v) is 8.78. The molecular weight excluding hydrogens is 354 g/mol. The van der Waals surface area contributed by atoms with Crippen molar-refractivity contribution in [3.05, 3.63) is 29.8 Å². The van der Waals surface area contributed by atoms with Crippen molar-refractivity contribution in [3.63, 3.8) is 0 Å². The Balaban J connectivity index is 1.97. The van der Waals surface area contributed by atoms with Crippen molar-refractivity contribution in [1.82, 2.24) is 9.21 Å². The monoisotopic (exact) mass is 376 g/mol. The Labute approximate surface area is 146 Å². The quantitative estimate of drug-likeness (QED) is 0.747. The van der Waals surface area contributed by atoms with Gasteiger partial charge < -0.3 is 4.74 Å².